The standard InChI is InChI=1S/C29H50IN2O10/c1-14-21-18-11-27(14,35)24(40-9)25(42-17(4)34)29(21,36)15(2)22(39-8)23-26(12-32-5,13-37-6)19(41-16(3)33)10-20(38-7)28(18,23)30-31/h14-15,18-25,32,35-36H,10-13,31H2,1-9H3/q-1/t14?,15-,18-,19-,20+,21+,22+,23-,24?,25+,26+,27-,28?,29+/m1/s1. The van der Waals surface area contributed by atoms with Gasteiger partial charge < -0.3 is 0 Å². The predicted molar refractivity (Wildman–Crippen MR) is 147 cm³/mol. The zero-order valence-electron chi connectivity index (χ0n) is 26.2. The van der Waals surface area contributed by atoms with Gasteiger partial charge in [0, 0.05) is 0 Å². The number of fused-ring (bicyclic) bond motifs is 3. The van der Waals surface area contributed by atoms with Crippen LogP contribution in [-0.4, -0.2) is 116 Å². The van der Waals surface area contributed by atoms with Crippen LogP contribution in [0.3, 0.4) is 0 Å². The van der Waals surface area contributed by atoms with Crippen molar-refractivity contribution in [2.75, 3.05) is 48.6 Å². The van der Waals surface area contributed by atoms with Crippen LogP contribution in [0.2, 0.25) is 0 Å². The van der Waals surface area contributed by atoms with Gasteiger partial charge in [-0.05, 0) is 0 Å². The number of esters is 2. The number of hydrogen-bond acceptors (Lipinski definition) is 12. The number of halogens is 1. The Morgan fingerprint density at radius 1 is 0.952 bits per heavy atom. The third kappa shape index (κ3) is 4.50. The van der Waals surface area contributed by atoms with Crippen LogP contribution in [0.4, 0.5) is 0 Å². The Labute approximate surface area is 259 Å². The summed E-state index contributed by atoms with van der Waals surface area (Å²) in [4.78, 5) is 25.0. The Morgan fingerprint density at radius 3 is 2.07 bits per heavy atom. The van der Waals surface area contributed by atoms with Gasteiger partial charge in [-0.3, -0.25) is 0 Å². The van der Waals surface area contributed by atoms with Gasteiger partial charge in [0.05, 0.1) is 0 Å². The van der Waals surface area contributed by atoms with Gasteiger partial charge >= 0.3 is 260 Å². The van der Waals surface area contributed by atoms with E-state index in [0.717, 1.165) is 0 Å². The van der Waals surface area contributed by atoms with Crippen molar-refractivity contribution < 1.29 is 69.7 Å². The molecule has 4 fully saturated rings. The van der Waals surface area contributed by atoms with Crippen molar-refractivity contribution in [3.63, 3.8) is 0 Å². The molecule has 0 saturated heterocycles. The number of aliphatic hydroxyl groups is 2. The molecule has 4 rings (SSSR count). The Balaban J connectivity index is 2.12. The molecular formula is C29H50IN2O10-. The normalized spacial score (nSPS) is 49.7. The van der Waals surface area contributed by atoms with Crippen LogP contribution in [-0.2, 0) is 38.0 Å². The summed E-state index contributed by atoms with van der Waals surface area (Å²) in [5.41, 5.74) is -3.91. The quantitative estimate of drug-likeness (QED) is 0.0780. The predicted octanol–water partition coefficient (Wildman–Crippen LogP) is -3.13. The maximum absolute atomic E-state index is 13.1. The molecule has 0 amide bonds. The van der Waals surface area contributed by atoms with Gasteiger partial charge in [0.25, 0.3) is 0 Å². The number of alkyl halides is 1. The van der Waals surface area contributed by atoms with E-state index in [-0.39, 0.29) is 18.9 Å². The summed E-state index contributed by atoms with van der Waals surface area (Å²) >= 11 is -1.20. The van der Waals surface area contributed by atoms with Gasteiger partial charge in [0.15, 0.2) is 0 Å². The molecule has 0 spiro atoms. The van der Waals surface area contributed by atoms with Crippen LogP contribution in [0, 0.1) is 35.0 Å². The van der Waals surface area contributed by atoms with E-state index >= 15 is 0 Å². The molecule has 4 aliphatic carbocycles. The molecule has 244 valence electrons. The molecular weight excluding hydrogens is 663 g/mol. The number of carbonyl (C=O) groups is 2. The number of hydrogen-bond donors (Lipinski definition) is 4. The summed E-state index contributed by atoms with van der Waals surface area (Å²) in [6, 6.07) is 0. The van der Waals surface area contributed by atoms with Crippen molar-refractivity contribution in [2.24, 2.45) is 39.0 Å². The van der Waals surface area contributed by atoms with Gasteiger partial charge in [-0.25, -0.2) is 0 Å². The summed E-state index contributed by atoms with van der Waals surface area (Å²) in [6.45, 7) is 7.14. The first-order valence-corrected chi connectivity index (χ1v) is 16.9. The molecule has 3 unspecified atom stereocenters. The summed E-state index contributed by atoms with van der Waals surface area (Å²) in [5.74, 6) is -3.40. The van der Waals surface area contributed by atoms with Crippen LogP contribution in [0.25, 0.3) is 0 Å². The summed E-state index contributed by atoms with van der Waals surface area (Å²) < 4.78 is 42.8. The third-order valence-corrected chi connectivity index (χ3v) is 14.6. The first kappa shape index (κ1) is 34.2. The van der Waals surface area contributed by atoms with Crippen molar-refractivity contribution in [2.45, 2.75) is 85.7 Å². The molecule has 0 radical (unpaired) electrons. The minimum absolute atomic E-state index is 0.217. The van der Waals surface area contributed by atoms with Crippen LogP contribution in [0.5, 0.6) is 0 Å². The number of rotatable bonds is 10. The van der Waals surface area contributed by atoms with Gasteiger partial charge in [0.2, 0.25) is 0 Å². The molecule has 42 heavy (non-hydrogen) atoms. The fraction of sp³-hybridized carbons (Fsp3) is 0.931. The van der Waals surface area contributed by atoms with E-state index in [4.69, 9.17) is 32.4 Å². The zero-order valence-corrected chi connectivity index (χ0v) is 28.4. The molecule has 14 atom stereocenters. The number of ether oxygens (including phenoxy) is 6. The van der Waals surface area contributed by atoms with Gasteiger partial charge in [0.1, 0.15) is 0 Å². The SMILES string of the molecule is CNC[C@]1(COC)[C@H](OC(C)=O)C[C@H](OC)C2([I-]N)[C@@H]3C[C@]4(O)C(OC)[C@H](OC(C)=O)[C@](O)([C@H](C)[C@H](OC)[C@@H]21)[C@H]3C4C. The van der Waals surface area contributed by atoms with Crippen molar-refractivity contribution in [3.05, 3.63) is 0 Å². The van der Waals surface area contributed by atoms with E-state index in [1.165, 1.54) is 21.0 Å². The van der Waals surface area contributed by atoms with Crippen molar-refractivity contribution >= 4 is 11.9 Å². The molecule has 4 saturated carbocycles. The van der Waals surface area contributed by atoms with Gasteiger partial charge in [-0.15, -0.1) is 0 Å². The van der Waals surface area contributed by atoms with E-state index in [9.17, 15) is 19.8 Å². The Bertz CT molecular complexity index is 1010. The first-order valence-electron chi connectivity index (χ1n) is 14.6. The van der Waals surface area contributed by atoms with Crippen LogP contribution in [0.15, 0.2) is 0 Å². The number of carbonyl (C=O) groups excluding carboxylic acids is 2. The molecule has 0 aliphatic heterocycles. The molecule has 0 aromatic rings. The summed E-state index contributed by atoms with van der Waals surface area (Å²) in [7, 11) is 8.17. The van der Waals surface area contributed by atoms with E-state index in [2.05, 4.69) is 5.32 Å². The summed E-state index contributed by atoms with van der Waals surface area (Å²) in [5, 5.41) is 28.9. The maximum atomic E-state index is 13.1. The van der Waals surface area contributed by atoms with Crippen molar-refractivity contribution in [3.8, 4) is 0 Å². The molecule has 4 aliphatic rings. The molecule has 0 aromatic heterocycles. The van der Waals surface area contributed by atoms with E-state index < -0.39 is 108 Å². The monoisotopic (exact) mass is 713 g/mol. The second kappa shape index (κ2) is 12.3. The Morgan fingerprint density at radius 2 is 1.60 bits per heavy atom. The minimum atomic E-state index is -1.66. The Kier molecular flexibility index (Phi) is 10.0. The second-order valence-corrected chi connectivity index (χ2v) is 15.3. The Hall–Kier alpha value is -0.650. The average Bonchev–Trinajstić information content (AvgIpc) is 3.12. The number of methoxy groups -OCH3 is 4. The van der Waals surface area contributed by atoms with E-state index in [0.29, 0.717) is 13.0 Å². The number of nitrogens with two attached hydrogens (primary N) is 1. The number of nitrogens with one attached hydrogen (secondary N) is 1. The van der Waals surface area contributed by atoms with Crippen molar-refractivity contribution in [1.29, 1.82) is 0 Å². The van der Waals surface area contributed by atoms with Crippen LogP contribution < -0.4 is 30.7 Å². The van der Waals surface area contributed by atoms with E-state index in [1.807, 2.05) is 20.9 Å². The molecule has 0 aromatic carbocycles. The van der Waals surface area contributed by atoms with Crippen LogP contribution in [0.1, 0.15) is 40.5 Å². The van der Waals surface area contributed by atoms with Crippen molar-refractivity contribution in [1.82, 2.24) is 5.32 Å². The molecule has 12 nitrogen and oxygen atoms in total. The second-order valence-electron chi connectivity index (χ2n) is 12.8. The first-order chi connectivity index (χ1) is 19.8. The molecule has 2 bridgehead atoms. The fourth-order valence-electron chi connectivity index (χ4n) is 10.1. The van der Waals surface area contributed by atoms with Gasteiger partial charge in [-0.2, -0.15) is 0 Å². The van der Waals surface area contributed by atoms with Crippen LogP contribution >= 0.6 is 0 Å². The molecule has 13 heteroatoms. The summed E-state index contributed by atoms with van der Waals surface area (Å²) in [6.07, 6.45) is -3.28. The average molecular weight is 714 g/mol. The fourth-order valence-corrected chi connectivity index (χ4v) is 13.4. The van der Waals surface area contributed by atoms with E-state index in [1.54, 1.807) is 21.3 Å². The third-order valence-electron chi connectivity index (χ3n) is 11.4. The topological polar surface area (TPSA) is 168 Å². The molecule has 5 N–H and O–H groups in total. The van der Waals surface area contributed by atoms with Gasteiger partial charge in [-0.1, -0.05) is 0 Å². The molecule has 0 heterocycles. The zero-order chi connectivity index (χ0) is 31.4.